The van der Waals surface area contributed by atoms with Crippen molar-refractivity contribution in [3.05, 3.63) is 107 Å². The molecule has 5 nitrogen and oxygen atoms in total. The third-order valence-electron chi connectivity index (χ3n) is 6.82. The van der Waals surface area contributed by atoms with Crippen molar-refractivity contribution in [2.24, 2.45) is 5.41 Å². The highest BCUT2D eigenvalue weighted by Crippen LogP contribution is 2.22. The van der Waals surface area contributed by atoms with Crippen molar-refractivity contribution in [2.75, 3.05) is 13.1 Å². The molecule has 6 heteroatoms. The predicted molar refractivity (Wildman–Crippen MR) is 154 cm³/mol. The smallest absolute Gasteiger partial charge is 0.242 e. The lowest BCUT2D eigenvalue weighted by molar-refractivity contribution is -0.142. The van der Waals surface area contributed by atoms with Crippen LogP contribution in [0.5, 0.6) is 0 Å². The molecule has 0 aliphatic heterocycles. The van der Waals surface area contributed by atoms with Gasteiger partial charge in [0.1, 0.15) is 12.4 Å². The molecule has 1 N–H and O–H groups in total. The molecular weight excluding hydrogens is 489 g/mol. The number of H-pyrrole nitrogens is 1. The van der Waals surface area contributed by atoms with Crippen molar-refractivity contribution in [3.63, 3.8) is 0 Å². The fourth-order valence-electron chi connectivity index (χ4n) is 4.67. The molecule has 0 fully saturated rings. The van der Waals surface area contributed by atoms with Gasteiger partial charge in [0.05, 0.1) is 0 Å². The Labute approximate surface area is 230 Å². The van der Waals surface area contributed by atoms with Gasteiger partial charge in [-0.25, -0.2) is 4.39 Å². The zero-order valence-corrected chi connectivity index (χ0v) is 23.3. The molecular formula is C33H38FN3O2. The Kier molecular flexibility index (Phi) is 8.85. The summed E-state index contributed by atoms with van der Waals surface area (Å²) in [4.78, 5) is 33.9. The van der Waals surface area contributed by atoms with Gasteiger partial charge in [-0.2, -0.15) is 0 Å². The van der Waals surface area contributed by atoms with Crippen LogP contribution in [-0.2, 0) is 29.1 Å². The van der Waals surface area contributed by atoms with Gasteiger partial charge < -0.3 is 14.8 Å². The van der Waals surface area contributed by atoms with Crippen LogP contribution in [0, 0.1) is 18.2 Å². The van der Waals surface area contributed by atoms with E-state index < -0.39 is 0 Å². The van der Waals surface area contributed by atoms with E-state index in [4.69, 9.17) is 0 Å². The van der Waals surface area contributed by atoms with E-state index in [0.717, 1.165) is 33.2 Å². The number of nitrogens with one attached hydrogen (secondary N) is 1. The monoisotopic (exact) mass is 527 g/mol. The summed E-state index contributed by atoms with van der Waals surface area (Å²) in [5.74, 6) is -0.532. The molecule has 204 valence electrons. The number of hydrogen-bond donors (Lipinski definition) is 1. The lowest BCUT2D eigenvalue weighted by Gasteiger charge is -2.30. The molecule has 0 bridgehead atoms. The van der Waals surface area contributed by atoms with Crippen LogP contribution in [0.1, 0.15) is 49.4 Å². The van der Waals surface area contributed by atoms with E-state index in [1.165, 1.54) is 12.1 Å². The summed E-state index contributed by atoms with van der Waals surface area (Å²) in [5, 5.41) is 1.15. The summed E-state index contributed by atoms with van der Waals surface area (Å²) in [7, 11) is 0. The number of amides is 2. The standard InChI is InChI=1S/C33H38FN3O2/c1-24-9-11-25(12-10-24)21-36(18-17-27-20-35-30-8-6-5-7-29(27)30)32(39)23-37(31(38)19-33(2,3)4)22-26-13-15-28(34)16-14-26/h5-16,20,35H,17-19,21-23H2,1-4H3. The zero-order valence-electron chi connectivity index (χ0n) is 23.3. The van der Waals surface area contributed by atoms with Crippen LogP contribution in [0.4, 0.5) is 4.39 Å². The number of fused-ring (bicyclic) bond motifs is 1. The first kappa shape index (κ1) is 28.1. The van der Waals surface area contributed by atoms with Crippen LogP contribution in [0.2, 0.25) is 0 Å². The molecule has 0 unspecified atom stereocenters. The molecule has 4 rings (SSSR count). The number of aromatic nitrogens is 1. The molecule has 0 saturated heterocycles. The first-order valence-electron chi connectivity index (χ1n) is 13.5. The first-order chi connectivity index (χ1) is 18.6. The minimum absolute atomic E-state index is 0.0357. The van der Waals surface area contributed by atoms with Gasteiger partial charge in [0.15, 0.2) is 0 Å². The van der Waals surface area contributed by atoms with Crippen LogP contribution in [-0.4, -0.2) is 39.7 Å². The number of aryl methyl sites for hydroxylation is 1. The van der Waals surface area contributed by atoms with Crippen molar-refractivity contribution in [1.29, 1.82) is 0 Å². The fourth-order valence-corrected chi connectivity index (χ4v) is 4.67. The number of nitrogens with zero attached hydrogens (tertiary/aromatic N) is 2. The third-order valence-corrected chi connectivity index (χ3v) is 6.82. The molecule has 4 aromatic rings. The summed E-state index contributed by atoms with van der Waals surface area (Å²) in [6, 6.07) is 22.4. The second kappa shape index (κ2) is 12.3. The Balaban J connectivity index is 1.56. The minimum Gasteiger partial charge on any atom is -0.361 e. The van der Waals surface area contributed by atoms with E-state index in [2.05, 4.69) is 11.1 Å². The van der Waals surface area contributed by atoms with E-state index in [-0.39, 0.29) is 36.1 Å². The number of rotatable bonds is 10. The van der Waals surface area contributed by atoms with Crippen molar-refractivity contribution in [1.82, 2.24) is 14.8 Å². The van der Waals surface area contributed by atoms with Crippen molar-refractivity contribution in [2.45, 2.75) is 53.6 Å². The van der Waals surface area contributed by atoms with E-state index in [1.807, 2.05) is 81.3 Å². The average Bonchev–Trinajstić information content (AvgIpc) is 3.30. The Bertz CT molecular complexity index is 1400. The number of hydrogen-bond acceptors (Lipinski definition) is 2. The van der Waals surface area contributed by atoms with Gasteiger partial charge in [0.25, 0.3) is 0 Å². The highest BCUT2D eigenvalue weighted by atomic mass is 19.1. The van der Waals surface area contributed by atoms with Gasteiger partial charge in [-0.05, 0) is 53.6 Å². The highest BCUT2D eigenvalue weighted by molar-refractivity contribution is 5.85. The van der Waals surface area contributed by atoms with Crippen molar-refractivity contribution < 1.29 is 14.0 Å². The van der Waals surface area contributed by atoms with E-state index in [1.54, 1.807) is 17.0 Å². The molecule has 0 radical (unpaired) electrons. The lowest BCUT2D eigenvalue weighted by Crippen LogP contribution is -2.43. The summed E-state index contributed by atoms with van der Waals surface area (Å²) < 4.78 is 13.5. The van der Waals surface area contributed by atoms with Gasteiger partial charge in [-0.3, -0.25) is 9.59 Å². The third kappa shape index (κ3) is 8.03. The van der Waals surface area contributed by atoms with E-state index in [9.17, 15) is 14.0 Å². The van der Waals surface area contributed by atoms with Crippen LogP contribution < -0.4 is 0 Å². The number of para-hydroxylation sites is 1. The maximum Gasteiger partial charge on any atom is 0.242 e. The number of benzene rings is 3. The SMILES string of the molecule is Cc1ccc(CN(CCc2c[nH]c3ccccc23)C(=O)CN(Cc2ccc(F)cc2)C(=O)CC(C)(C)C)cc1. The summed E-state index contributed by atoms with van der Waals surface area (Å²) in [6.07, 6.45) is 3.01. The topological polar surface area (TPSA) is 56.4 Å². The van der Waals surface area contributed by atoms with Gasteiger partial charge in [0, 0.05) is 43.2 Å². The van der Waals surface area contributed by atoms with E-state index >= 15 is 0 Å². The van der Waals surface area contributed by atoms with Crippen LogP contribution in [0.15, 0.2) is 79.0 Å². The number of aromatic amines is 1. The van der Waals surface area contributed by atoms with Crippen LogP contribution >= 0.6 is 0 Å². The fraction of sp³-hybridized carbons (Fsp3) is 0.333. The molecule has 1 aromatic heterocycles. The zero-order chi connectivity index (χ0) is 28.0. The second-order valence-corrected chi connectivity index (χ2v) is 11.5. The Morgan fingerprint density at radius 3 is 2.10 bits per heavy atom. The molecule has 0 atom stereocenters. The minimum atomic E-state index is -0.330. The quantitative estimate of drug-likeness (QED) is 0.251. The van der Waals surface area contributed by atoms with Gasteiger partial charge in [-0.1, -0.05) is 80.9 Å². The normalized spacial score (nSPS) is 11.5. The van der Waals surface area contributed by atoms with E-state index in [0.29, 0.717) is 25.9 Å². The van der Waals surface area contributed by atoms with Gasteiger partial charge in [0.2, 0.25) is 11.8 Å². The van der Waals surface area contributed by atoms with Crippen molar-refractivity contribution >= 4 is 22.7 Å². The summed E-state index contributed by atoms with van der Waals surface area (Å²) >= 11 is 0. The van der Waals surface area contributed by atoms with Crippen LogP contribution in [0.25, 0.3) is 10.9 Å². The Morgan fingerprint density at radius 2 is 1.44 bits per heavy atom. The summed E-state index contributed by atoms with van der Waals surface area (Å²) in [5.41, 5.74) is 4.99. The number of carbonyl (C=O) groups excluding carboxylic acids is 2. The molecule has 2 amide bonds. The predicted octanol–water partition coefficient (Wildman–Crippen LogP) is 6.65. The number of halogens is 1. The average molecular weight is 528 g/mol. The maximum absolute atomic E-state index is 13.8. The summed E-state index contributed by atoms with van der Waals surface area (Å²) in [6.45, 7) is 9.26. The highest BCUT2D eigenvalue weighted by Gasteiger charge is 2.25. The van der Waals surface area contributed by atoms with Gasteiger partial charge >= 0.3 is 0 Å². The molecule has 0 aliphatic carbocycles. The second-order valence-electron chi connectivity index (χ2n) is 11.5. The van der Waals surface area contributed by atoms with Gasteiger partial charge in [-0.15, -0.1) is 0 Å². The molecule has 3 aromatic carbocycles. The molecule has 0 spiro atoms. The largest absolute Gasteiger partial charge is 0.361 e. The Hall–Kier alpha value is -3.93. The maximum atomic E-state index is 13.8. The first-order valence-corrected chi connectivity index (χ1v) is 13.5. The molecule has 1 heterocycles. The molecule has 0 aliphatic rings. The van der Waals surface area contributed by atoms with Crippen molar-refractivity contribution in [3.8, 4) is 0 Å². The number of carbonyl (C=O) groups is 2. The Morgan fingerprint density at radius 1 is 0.821 bits per heavy atom. The molecule has 39 heavy (non-hydrogen) atoms. The molecule has 0 saturated carbocycles. The van der Waals surface area contributed by atoms with Crippen LogP contribution in [0.3, 0.4) is 0 Å². The lowest BCUT2D eigenvalue weighted by atomic mass is 9.91.